The molecule has 0 aliphatic carbocycles. The molecule has 1 aromatic heterocycles. The van der Waals surface area contributed by atoms with Crippen molar-refractivity contribution in [1.82, 2.24) is 15.3 Å². The van der Waals surface area contributed by atoms with Crippen LogP contribution in [0.1, 0.15) is 37.7 Å². The fourth-order valence-corrected chi connectivity index (χ4v) is 3.22. The van der Waals surface area contributed by atoms with Crippen molar-refractivity contribution in [3.63, 3.8) is 0 Å². The number of hydrogen-bond donors (Lipinski definition) is 2. The van der Waals surface area contributed by atoms with Gasteiger partial charge in [0.05, 0.1) is 0 Å². The first-order valence-electron chi connectivity index (χ1n) is 11.0. The highest BCUT2D eigenvalue weighted by atomic mass is 16.6. The number of aromatic nitrogens is 2. The van der Waals surface area contributed by atoms with E-state index in [2.05, 4.69) is 20.6 Å². The maximum absolute atomic E-state index is 13.1. The number of hydrogen-bond acceptors (Lipinski definition) is 6. The topological polar surface area (TPSA) is 102 Å². The Balaban J connectivity index is 1.74. The van der Waals surface area contributed by atoms with Crippen LogP contribution in [-0.4, -0.2) is 33.6 Å². The molecule has 0 fully saturated rings. The summed E-state index contributed by atoms with van der Waals surface area (Å²) < 4.78 is 11.1. The van der Waals surface area contributed by atoms with Crippen LogP contribution in [0.3, 0.4) is 0 Å². The number of carbonyl (C=O) groups is 2. The Labute approximate surface area is 199 Å². The van der Waals surface area contributed by atoms with Gasteiger partial charge in [-0.2, -0.15) is 0 Å². The van der Waals surface area contributed by atoms with Gasteiger partial charge in [0, 0.05) is 29.6 Å². The molecular weight excluding hydrogens is 432 g/mol. The second-order valence-electron chi connectivity index (χ2n) is 8.94. The van der Waals surface area contributed by atoms with Gasteiger partial charge in [-0.1, -0.05) is 36.4 Å². The number of ether oxygens (including phenoxy) is 2. The Morgan fingerprint density at radius 1 is 0.941 bits per heavy atom. The maximum Gasteiger partial charge on any atom is 0.408 e. The van der Waals surface area contributed by atoms with E-state index >= 15 is 0 Å². The average Bonchev–Trinajstić information content (AvgIpc) is 2.72. The highest BCUT2D eigenvalue weighted by molar-refractivity contribution is 5.96. The molecule has 1 atom stereocenters. The molecule has 1 heterocycles. The van der Waals surface area contributed by atoms with Gasteiger partial charge in [-0.25, -0.2) is 14.8 Å². The Kier molecular flexibility index (Phi) is 7.83. The Bertz CT molecular complexity index is 1120. The predicted molar refractivity (Wildman–Crippen MR) is 130 cm³/mol. The third-order valence-electron chi connectivity index (χ3n) is 4.56. The molecule has 8 heteroatoms. The number of alkyl carbamates (subject to hydrolysis) is 1. The smallest absolute Gasteiger partial charge is 0.408 e. The van der Waals surface area contributed by atoms with Crippen molar-refractivity contribution in [2.45, 2.75) is 52.7 Å². The first-order chi connectivity index (χ1) is 16.1. The third-order valence-corrected chi connectivity index (χ3v) is 4.56. The minimum Gasteiger partial charge on any atom is -0.444 e. The summed E-state index contributed by atoms with van der Waals surface area (Å²) in [4.78, 5) is 34.1. The zero-order valence-electron chi connectivity index (χ0n) is 20.1. The highest BCUT2D eigenvalue weighted by Gasteiger charge is 2.25. The molecule has 2 N–H and O–H groups in total. The second kappa shape index (κ2) is 10.8. The Morgan fingerprint density at radius 2 is 1.62 bits per heavy atom. The van der Waals surface area contributed by atoms with Crippen LogP contribution in [0.5, 0.6) is 11.8 Å². The number of rotatable bonds is 7. The number of nitrogens with one attached hydrogen (secondary N) is 2. The fourth-order valence-electron chi connectivity index (χ4n) is 3.22. The van der Waals surface area contributed by atoms with E-state index in [1.165, 1.54) is 0 Å². The summed E-state index contributed by atoms with van der Waals surface area (Å²) >= 11 is 0. The molecule has 8 nitrogen and oxygen atoms in total. The SMILES string of the molecule is Cc1cc(C)nc(Oc2cccc(NC(=O)C(Cc3ccccc3)NC(=O)OC(C)(C)C)c2)n1. The summed E-state index contributed by atoms with van der Waals surface area (Å²) in [7, 11) is 0. The van der Waals surface area contributed by atoms with Crippen molar-refractivity contribution in [3.05, 3.63) is 77.6 Å². The molecule has 0 bridgehead atoms. The molecule has 1 unspecified atom stereocenters. The number of nitrogens with zero attached hydrogens (tertiary/aromatic N) is 2. The van der Waals surface area contributed by atoms with E-state index < -0.39 is 17.7 Å². The fraction of sp³-hybridized carbons (Fsp3) is 0.308. The largest absolute Gasteiger partial charge is 0.444 e. The van der Waals surface area contributed by atoms with Crippen LogP contribution in [0, 0.1) is 13.8 Å². The van der Waals surface area contributed by atoms with E-state index in [0.29, 0.717) is 17.9 Å². The van der Waals surface area contributed by atoms with Gasteiger partial charge in [-0.05, 0) is 58.4 Å². The van der Waals surface area contributed by atoms with E-state index in [0.717, 1.165) is 17.0 Å². The molecule has 0 aliphatic heterocycles. The second-order valence-corrected chi connectivity index (χ2v) is 8.94. The molecule has 3 rings (SSSR count). The van der Waals surface area contributed by atoms with Gasteiger partial charge in [0.2, 0.25) is 5.91 Å². The average molecular weight is 463 g/mol. The van der Waals surface area contributed by atoms with Crippen molar-refractivity contribution >= 4 is 17.7 Å². The standard InChI is InChI=1S/C26H30N4O4/c1-17-14-18(2)28-24(27-17)33-21-13-9-12-20(16-21)29-23(31)22(15-19-10-7-6-8-11-19)30-25(32)34-26(3,4)5/h6-14,16,22H,15H2,1-5H3,(H,29,31)(H,30,32). The molecule has 34 heavy (non-hydrogen) atoms. The van der Waals surface area contributed by atoms with E-state index in [1.54, 1.807) is 45.0 Å². The zero-order chi connectivity index (χ0) is 24.7. The molecule has 2 aromatic carbocycles. The first kappa shape index (κ1) is 24.7. The minimum absolute atomic E-state index is 0.231. The van der Waals surface area contributed by atoms with E-state index in [4.69, 9.17) is 9.47 Å². The highest BCUT2D eigenvalue weighted by Crippen LogP contribution is 2.22. The van der Waals surface area contributed by atoms with Crippen LogP contribution in [0.25, 0.3) is 0 Å². The van der Waals surface area contributed by atoms with Crippen molar-refractivity contribution in [2.24, 2.45) is 0 Å². The molecule has 3 aromatic rings. The summed E-state index contributed by atoms with van der Waals surface area (Å²) in [6.07, 6.45) is -0.356. The molecule has 2 amide bonds. The first-order valence-corrected chi connectivity index (χ1v) is 11.0. The molecule has 0 saturated carbocycles. The number of anilines is 1. The van der Waals surface area contributed by atoms with Crippen LogP contribution in [0.15, 0.2) is 60.7 Å². The lowest BCUT2D eigenvalue weighted by Gasteiger charge is -2.23. The molecule has 0 radical (unpaired) electrons. The van der Waals surface area contributed by atoms with Gasteiger partial charge < -0.3 is 20.1 Å². The quantitative estimate of drug-likeness (QED) is 0.514. The van der Waals surface area contributed by atoms with Gasteiger partial charge in [0.1, 0.15) is 17.4 Å². The van der Waals surface area contributed by atoms with Crippen molar-refractivity contribution < 1.29 is 19.1 Å². The lowest BCUT2D eigenvalue weighted by Crippen LogP contribution is -2.47. The minimum atomic E-state index is -0.843. The van der Waals surface area contributed by atoms with E-state index in [-0.39, 0.29) is 11.9 Å². The van der Waals surface area contributed by atoms with Crippen LogP contribution in [0.2, 0.25) is 0 Å². The van der Waals surface area contributed by atoms with E-state index in [9.17, 15) is 9.59 Å². The van der Waals surface area contributed by atoms with Crippen LogP contribution in [-0.2, 0) is 16.0 Å². The van der Waals surface area contributed by atoms with Gasteiger partial charge in [-0.3, -0.25) is 4.79 Å². The molecule has 0 saturated heterocycles. The van der Waals surface area contributed by atoms with Crippen LogP contribution in [0.4, 0.5) is 10.5 Å². The number of amides is 2. The number of benzene rings is 2. The molecular formula is C26H30N4O4. The van der Waals surface area contributed by atoms with Crippen LogP contribution < -0.4 is 15.4 Å². The zero-order valence-corrected chi connectivity index (χ0v) is 20.1. The summed E-state index contributed by atoms with van der Waals surface area (Å²) in [6, 6.07) is 17.6. The predicted octanol–water partition coefficient (Wildman–Crippen LogP) is 4.96. The third kappa shape index (κ3) is 7.88. The van der Waals surface area contributed by atoms with Gasteiger partial charge in [0.15, 0.2) is 0 Å². The van der Waals surface area contributed by atoms with Crippen LogP contribution >= 0.6 is 0 Å². The molecule has 0 aliphatic rings. The maximum atomic E-state index is 13.1. The lowest BCUT2D eigenvalue weighted by atomic mass is 10.1. The normalized spacial score (nSPS) is 11.9. The monoisotopic (exact) mass is 462 g/mol. The Morgan fingerprint density at radius 3 is 2.26 bits per heavy atom. The summed E-state index contributed by atoms with van der Waals surface area (Å²) in [5.41, 5.74) is 2.33. The van der Waals surface area contributed by atoms with Crippen molar-refractivity contribution in [1.29, 1.82) is 0 Å². The van der Waals surface area contributed by atoms with Gasteiger partial charge in [0.25, 0.3) is 0 Å². The Hall–Kier alpha value is -3.94. The molecule has 178 valence electrons. The number of carbonyl (C=O) groups excluding carboxylic acids is 2. The summed E-state index contributed by atoms with van der Waals surface area (Å²) in [5, 5.41) is 5.53. The molecule has 0 spiro atoms. The van der Waals surface area contributed by atoms with Crippen molar-refractivity contribution in [3.8, 4) is 11.8 Å². The number of aryl methyl sites for hydroxylation is 2. The summed E-state index contributed by atoms with van der Waals surface area (Å²) in [5.74, 6) is 0.0945. The van der Waals surface area contributed by atoms with Gasteiger partial charge >= 0.3 is 12.1 Å². The lowest BCUT2D eigenvalue weighted by molar-refractivity contribution is -0.118. The van der Waals surface area contributed by atoms with Gasteiger partial charge in [-0.15, -0.1) is 0 Å². The summed E-state index contributed by atoms with van der Waals surface area (Å²) in [6.45, 7) is 9.03. The van der Waals surface area contributed by atoms with Crippen molar-refractivity contribution in [2.75, 3.05) is 5.32 Å². The van der Waals surface area contributed by atoms with E-state index in [1.807, 2.05) is 50.2 Å².